The summed E-state index contributed by atoms with van der Waals surface area (Å²) < 4.78 is 45.8. The third-order valence-corrected chi connectivity index (χ3v) is 6.06. The van der Waals surface area contributed by atoms with E-state index in [0.29, 0.717) is 12.3 Å². The lowest BCUT2D eigenvalue weighted by molar-refractivity contribution is -0.130. The number of likely N-dealkylation sites (N-methyl/N-ethyl adjacent to an activating group) is 1. The number of nitrogens with one attached hydrogen (secondary N) is 1. The van der Waals surface area contributed by atoms with Crippen LogP contribution in [0.25, 0.3) is 10.8 Å². The second-order valence-corrected chi connectivity index (χ2v) is 8.54. The zero-order valence-corrected chi connectivity index (χ0v) is 17.4. The second kappa shape index (κ2) is 9.69. The van der Waals surface area contributed by atoms with E-state index >= 15 is 0 Å². The first-order valence-corrected chi connectivity index (χ1v) is 10.9. The predicted octanol–water partition coefficient (Wildman–Crippen LogP) is 3.18. The molecule has 1 amide bonds. The van der Waals surface area contributed by atoms with Gasteiger partial charge in [0.15, 0.2) is 0 Å². The number of carbonyl (C=O) groups excluding carboxylic acids is 1. The van der Waals surface area contributed by atoms with Crippen LogP contribution in [0.2, 0.25) is 0 Å². The average molecular weight is 431 g/mol. The van der Waals surface area contributed by atoms with Crippen LogP contribution in [0.3, 0.4) is 0 Å². The van der Waals surface area contributed by atoms with Crippen molar-refractivity contribution in [3.8, 4) is 5.75 Å². The van der Waals surface area contributed by atoms with Gasteiger partial charge in [-0.15, -0.1) is 0 Å². The molecule has 0 aliphatic heterocycles. The quantitative estimate of drug-likeness (QED) is 0.566. The molecule has 1 N–H and O–H groups in total. The second-order valence-electron chi connectivity index (χ2n) is 6.77. The molecule has 0 saturated heterocycles. The highest BCUT2D eigenvalue weighted by Crippen LogP contribution is 2.18. The van der Waals surface area contributed by atoms with Gasteiger partial charge in [-0.2, -0.15) is 0 Å². The lowest BCUT2D eigenvalue weighted by Gasteiger charge is -2.17. The van der Waals surface area contributed by atoms with Crippen molar-refractivity contribution < 1.29 is 22.3 Å². The van der Waals surface area contributed by atoms with E-state index in [-0.39, 0.29) is 36.2 Å². The van der Waals surface area contributed by atoms with Crippen LogP contribution in [0.1, 0.15) is 6.42 Å². The Morgan fingerprint density at radius 1 is 1.03 bits per heavy atom. The van der Waals surface area contributed by atoms with Crippen LogP contribution in [0.15, 0.2) is 71.6 Å². The number of amides is 1. The zero-order chi connectivity index (χ0) is 21.6. The van der Waals surface area contributed by atoms with Crippen molar-refractivity contribution in [2.24, 2.45) is 0 Å². The fourth-order valence-corrected chi connectivity index (χ4v) is 3.92. The summed E-state index contributed by atoms with van der Waals surface area (Å²) in [5.74, 6) is -0.0416. The van der Waals surface area contributed by atoms with Gasteiger partial charge in [0, 0.05) is 20.0 Å². The van der Waals surface area contributed by atoms with E-state index in [1.54, 1.807) is 25.2 Å². The van der Waals surface area contributed by atoms with Gasteiger partial charge in [0.1, 0.15) is 18.2 Å². The number of nitrogens with zero attached hydrogens (tertiary/aromatic N) is 1. The number of rotatable bonds is 9. The molecule has 30 heavy (non-hydrogen) atoms. The van der Waals surface area contributed by atoms with Gasteiger partial charge in [-0.25, -0.2) is 17.5 Å². The van der Waals surface area contributed by atoms with Crippen molar-refractivity contribution in [2.75, 3.05) is 26.7 Å². The zero-order valence-electron chi connectivity index (χ0n) is 16.5. The summed E-state index contributed by atoms with van der Waals surface area (Å²) in [5.41, 5.74) is 0. The van der Waals surface area contributed by atoms with Crippen molar-refractivity contribution in [1.82, 2.24) is 9.62 Å². The van der Waals surface area contributed by atoms with E-state index in [1.165, 1.54) is 29.2 Å². The molecule has 0 fully saturated rings. The maximum atomic E-state index is 12.9. The number of benzene rings is 3. The van der Waals surface area contributed by atoms with Gasteiger partial charge in [0.2, 0.25) is 15.9 Å². The molecule has 0 heterocycles. The Morgan fingerprint density at radius 2 is 1.73 bits per heavy atom. The minimum absolute atomic E-state index is 0.00282. The Hall–Kier alpha value is -2.97. The minimum Gasteiger partial charge on any atom is -0.492 e. The molecule has 0 saturated carbocycles. The molecule has 0 bridgehead atoms. The van der Waals surface area contributed by atoms with Crippen LogP contribution in [-0.2, 0) is 14.8 Å². The molecule has 0 aliphatic rings. The highest BCUT2D eigenvalue weighted by atomic mass is 32.2. The summed E-state index contributed by atoms with van der Waals surface area (Å²) >= 11 is 0. The van der Waals surface area contributed by atoms with E-state index in [1.807, 2.05) is 24.3 Å². The van der Waals surface area contributed by atoms with Crippen molar-refractivity contribution in [3.63, 3.8) is 0 Å². The first kappa shape index (κ1) is 21.7. The molecule has 158 valence electrons. The van der Waals surface area contributed by atoms with Crippen LogP contribution >= 0.6 is 0 Å². The molecular weight excluding hydrogens is 407 g/mol. The third-order valence-electron chi connectivity index (χ3n) is 4.60. The third kappa shape index (κ3) is 5.77. The van der Waals surface area contributed by atoms with Crippen molar-refractivity contribution in [1.29, 1.82) is 0 Å². The van der Waals surface area contributed by atoms with E-state index in [0.717, 1.165) is 10.8 Å². The largest absolute Gasteiger partial charge is 0.492 e. The monoisotopic (exact) mass is 430 g/mol. The Labute approximate surface area is 175 Å². The van der Waals surface area contributed by atoms with Gasteiger partial charge < -0.3 is 9.64 Å². The fraction of sp³-hybridized carbons (Fsp3) is 0.227. The number of carbonyl (C=O) groups is 1. The summed E-state index contributed by atoms with van der Waals surface area (Å²) in [7, 11) is -2.09. The predicted molar refractivity (Wildman–Crippen MR) is 113 cm³/mol. The lowest BCUT2D eigenvalue weighted by Crippen LogP contribution is -2.34. The molecule has 0 atom stereocenters. The SMILES string of the molecule is CN(CCOc1ccc(F)cc1)C(=O)CCNS(=O)(=O)c1ccc2ccccc2c1. The average Bonchev–Trinajstić information content (AvgIpc) is 2.74. The molecule has 0 unspecified atom stereocenters. The summed E-state index contributed by atoms with van der Waals surface area (Å²) in [6, 6.07) is 18.0. The summed E-state index contributed by atoms with van der Waals surface area (Å²) in [5, 5.41) is 1.79. The number of hydrogen-bond donors (Lipinski definition) is 1. The summed E-state index contributed by atoms with van der Waals surface area (Å²) in [6.45, 7) is 0.571. The number of ether oxygens (including phenoxy) is 1. The van der Waals surface area contributed by atoms with Gasteiger partial charge in [0.25, 0.3) is 0 Å². The van der Waals surface area contributed by atoms with E-state index < -0.39 is 10.0 Å². The van der Waals surface area contributed by atoms with Gasteiger partial charge in [-0.3, -0.25) is 4.79 Å². The first-order chi connectivity index (χ1) is 14.3. The van der Waals surface area contributed by atoms with Gasteiger partial charge in [-0.05, 0) is 47.2 Å². The van der Waals surface area contributed by atoms with E-state index in [4.69, 9.17) is 4.74 Å². The standard InChI is InChI=1S/C22H23FN2O4S/c1-25(14-15-29-20-9-7-19(23)8-10-20)22(26)12-13-24-30(27,28)21-11-6-17-4-2-3-5-18(17)16-21/h2-11,16,24H,12-15H2,1H3. The van der Waals surface area contributed by atoms with Crippen LogP contribution in [-0.4, -0.2) is 46.0 Å². The molecule has 0 radical (unpaired) electrons. The molecule has 0 spiro atoms. The van der Waals surface area contributed by atoms with Gasteiger partial charge in [-0.1, -0.05) is 30.3 Å². The molecule has 8 heteroatoms. The molecule has 3 aromatic carbocycles. The molecule has 6 nitrogen and oxygen atoms in total. The summed E-state index contributed by atoms with van der Waals surface area (Å²) in [4.78, 5) is 13.8. The Kier molecular flexibility index (Phi) is 7.02. The smallest absolute Gasteiger partial charge is 0.240 e. The maximum Gasteiger partial charge on any atom is 0.240 e. The molecule has 3 aromatic rings. The van der Waals surface area contributed by atoms with E-state index in [9.17, 15) is 17.6 Å². The number of halogens is 1. The minimum atomic E-state index is -3.71. The Bertz CT molecular complexity index is 1120. The van der Waals surface area contributed by atoms with Crippen molar-refractivity contribution in [2.45, 2.75) is 11.3 Å². The number of fused-ring (bicyclic) bond motifs is 1. The van der Waals surface area contributed by atoms with Gasteiger partial charge in [0.05, 0.1) is 11.4 Å². The highest BCUT2D eigenvalue weighted by molar-refractivity contribution is 7.89. The fourth-order valence-electron chi connectivity index (χ4n) is 2.86. The van der Waals surface area contributed by atoms with Crippen molar-refractivity contribution >= 4 is 26.7 Å². The normalized spacial score (nSPS) is 11.4. The first-order valence-electron chi connectivity index (χ1n) is 9.46. The summed E-state index contributed by atoms with van der Waals surface area (Å²) in [6.07, 6.45) is 0.0276. The lowest BCUT2D eigenvalue weighted by atomic mass is 10.1. The topological polar surface area (TPSA) is 75.7 Å². The highest BCUT2D eigenvalue weighted by Gasteiger charge is 2.16. The molecule has 0 aliphatic carbocycles. The molecular formula is C22H23FN2O4S. The van der Waals surface area contributed by atoms with Crippen LogP contribution in [0.4, 0.5) is 4.39 Å². The Balaban J connectivity index is 1.45. The Morgan fingerprint density at radius 3 is 2.47 bits per heavy atom. The van der Waals surface area contributed by atoms with Crippen LogP contribution in [0.5, 0.6) is 5.75 Å². The maximum absolute atomic E-state index is 12.9. The number of sulfonamides is 1. The van der Waals surface area contributed by atoms with Crippen LogP contribution < -0.4 is 9.46 Å². The van der Waals surface area contributed by atoms with Gasteiger partial charge >= 0.3 is 0 Å². The number of hydrogen-bond acceptors (Lipinski definition) is 4. The van der Waals surface area contributed by atoms with Crippen LogP contribution in [0, 0.1) is 5.82 Å². The van der Waals surface area contributed by atoms with Crippen molar-refractivity contribution in [3.05, 3.63) is 72.5 Å². The molecule has 3 rings (SSSR count). The van der Waals surface area contributed by atoms with E-state index in [2.05, 4.69) is 4.72 Å². The molecule has 0 aromatic heterocycles.